The summed E-state index contributed by atoms with van der Waals surface area (Å²) in [6, 6.07) is 12.1. The summed E-state index contributed by atoms with van der Waals surface area (Å²) in [7, 11) is -1.61. The molecule has 2 aromatic rings. The second-order valence-corrected chi connectivity index (χ2v) is 8.48. The van der Waals surface area contributed by atoms with E-state index in [1.807, 2.05) is 12.1 Å². The fraction of sp³-hybridized carbons (Fsp3) is 0.350. The number of aryl methyl sites for hydroxylation is 1. The minimum absolute atomic E-state index is 0.317. The molecule has 0 radical (unpaired) electrons. The van der Waals surface area contributed by atoms with Crippen molar-refractivity contribution in [3.05, 3.63) is 59.2 Å². The van der Waals surface area contributed by atoms with Gasteiger partial charge in [0.25, 0.3) is 6.43 Å². The van der Waals surface area contributed by atoms with Crippen LogP contribution in [0.1, 0.15) is 16.7 Å². The van der Waals surface area contributed by atoms with Crippen LogP contribution < -0.4 is 15.4 Å². The van der Waals surface area contributed by atoms with Crippen LogP contribution in [0.15, 0.2) is 52.4 Å². The number of hydrogen-bond donors (Lipinski definition) is 2. The third kappa shape index (κ3) is 7.34. The normalized spacial score (nSPS) is 12.1. The zero-order chi connectivity index (χ0) is 21.4. The summed E-state index contributed by atoms with van der Waals surface area (Å²) in [5, 5.41) is 6.29. The lowest BCUT2D eigenvalue weighted by molar-refractivity contribution is 0.0818. The fourth-order valence-corrected chi connectivity index (χ4v) is 3.69. The first-order valence-corrected chi connectivity index (χ1v) is 10.8. The first-order chi connectivity index (χ1) is 13.7. The van der Waals surface area contributed by atoms with Crippen LogP contribution in [0.25, 0.3) is 0 Å². The number of benzene rings is 2. The van der Waals surface area contributed by atoms with Crippen LogP contribution in [0, 0.1) is 6.92 Å². The lowest BCUT2D eigenvalue weighted by atomic mass is 10.1. The quantitative estimate of drug-likeness (QED) is 0.502. The van der Waals surface area contributed by atoms with Gasteiger partial charge in [0.15, 0.2) is 15.8 Å². The molecular weight excluding hydrogens is 400 g/mol. The molecule has 2 rings (SSSR count). The zero-order valence-electron chi connectivity index (χ0n) is 16.6. The van der Waals surface area contributed by atoms with Crippen LogP contribution in [0.2, 0.25) is 0 Å². The van der Waals surface area contributed by atoms with Crippen LogP contribution in [-0.2, 0) is 22.9 Å². The molecule has 9 heteroatoms. The molecule has 29 heavy (non-hydrogen) atoms. The van der Waals surface area contributed by atoms with Crippen molar-refractivity contribution >= 4 is 15.8 Å². The number of halogens is 2. The van der Waals surface area contributed by atoms with Crippen molar-refractivity contribution in [3.8, 4) is 5.75 Å². The fourth-order valence-electron chi connectivity index (χ4n) is 2.73. The van der Waals surface area contributed by atoms with Gasteiger partial charge in [-0.05, 0) is 41.8 Å². The van der Waals surface area contributed by atoms with E-state index in [4.69, 9.17) is 4.74 Å². The van der Waals surface area contributed by atoms with E-state index >= 15 is 0 Å². The minimum atomic E-state index is -3.25. The molecule has 0 spiro atoms. The molecule has 0 aliphatic carbocycles. The number of nitrogens with one attached hydrogen (secondary N) is 2. The van der Waals surface area contributed by atoms with Gasteiger partial charge in [0.2, 0.25) is 0 Å². The number of sulfone groups is 1. The number of rotatable bonds is 8. The predicted molar refractivity (Wildman–Crippen MR) is 109 cm³/mol. The molecule has 0 heterocycles. The SMILES string of the molecule is CN=C(NCc1cccc(OCC(F)F)c1)NCc1ccc(S(C)(=O)=O)c(C)c1. The molecule has 0 aliphatic rings. The molecule has 2 aromatic carbocycles. The first kappa shape index (κ1) is 22.6. The Bertz CT molecular complexity index is 963. The van der Waals surface area contributed by atoms with Gasteiger partial charge in [-0.2, -0.15) is 0 Å². The lowest BCUT2D eigenvalue weighted by Gasteiger charge is -2.14. The molecule has 0 atom stereocenters. The largest absolute Gasteiger partial charge is 0.488 e. The number of hydrogen-bond acceptors (Lipinski definition) is 4. The number of alkyl halides is 2. The van der Waals surface area contributed by atoms with E-state index in [0.717, 1.165) is 11.1 Å². The third-order valence-corrected chi connectivity index (χ3v) is 5.31. The van der Waals surface area contributed by atoms with Crippen molar-refractivity contribution in [2.24, 2.45) is 4.99 Å². The molecule has 0 aliphatic heterocycles. The molecule has 0 saturated carbocycles. The summed E-state index contributed by atoms with van der Waals surface area (Å²) >= 11 is 0. The Morgan fingerprint density at radius 3 is 2.31 bits per heavy atom. The molecule has 0 fully saturated rings. The van der Waals surface area contributed by atoms with Gasteiger partial charge in [-0.3, -0.25) is 4.99 Å². The number of nitrogens with zero attached hydrogens (tertiary/aromatic N) is 1. The van der Waals surface area contributed by atoms with E-state index in [-0.39, 0.29) is 0 Å². The van der Waals surface area contributed by atoms with Crippen molar-refractivity contribution in [1.82, 2.24) is 10.6 Å². The van der Waals surface area contributed by atoms with E-state index in [1.54, 1.807) is 44.3 Å². The number of ether oxygens (including phenoxy) is 1. The van der Waals surface area contributed by atoms with Crippen LogP contribution in [0.4, 0.5) is 8.78 Å². The van der Waals surface area contributed by atoms with Crippen molar-refractivity contribution in [3.63, 3.8) is 0 Å². The Morgan fingerprint density at radius 2 is 1.76 bits per heavy atom. The van der Waals surface area contributed by atoms with Crippen molar-refractivity contribution in [2.75, 3.05) is 19.9 Å². The van der Waals surface area contributed by atoms with Gasteiger partial charge >= 0.3 is 0 Å². The highest BCUT2D eigenvalue weighted by molar-refractivity contribution is 7.90. The van der Waals surface area contributed by atoms with E-state index in [1.165, 1.54) is 6.26 Å². The van der Waals surface area contributed by atoms with Crippen molar-refractivity contribution in [1.29, 1.82) is 0 Å². The molecule has 2 N–H and O–H groups in total. The molecule has 0 bridgehead atoms. The van der Waals surface area contributed by atoms with Crippen LogP contribution in [0.5, 0.6) is 5.75 Å². The summed E-state index contributed by atoms with van der Waals surface area (Å²) in [6.07, 6.45) is -1.33. The Balaban J connectivity index is 1.92. The first-order valence-electron chi connectivity index (χ1n) is 8.93. The maximum absolute atomic E-state index is 12.3. The summed E-state index contributed by atoms with van der Waals surface area (Å²) in [5.41, 5.74) is 2.46. The highest BCUT2D eigenvalue weighted by Crippen LogP contribution is 2.17. The monoisotopic (exact) mass is 425 g/mol. The highest BCUT2D eigenvalue weighted by Gasteiger charge is 2.11. The Kier molecular flexibility index (Phi) is 7.95. The minimum Gasteiger partial charge on any atom is -0.488 e. The van der Waals surface area contributed by atoms with Gasteiger partial charge < -0.3 is 15.4 Å². The average molecular weight is 426 g/mol. The second-order valence-electron chi connectivity index (χ2n) is 6.50. The van der Waals surface area contributed by atoms with Crippen LogP contribution in [0.3, 0.4) is 0 Å². The number of guanidine groups is 1. The Hall–Kier alpha value is -2.68. The number of aliphatic imine (C=N–C) groups is 1. The summed E-state index contributed by atoms with van der Waals surface area (Å²) in [6.45, 7) is 2.01. The summed E-state index contributed by atoms with van der Waals surface area (Å²) in [4.78, 5) is 4.46. The molecule has 0 amide bonds. The van der Waals surface area contributed by atoms with Crippen LogP contribution >= 0.6 is 0 Å². The smallest absolute Gasteiger partial charge is 0.272 e. The highest BCUT2D eigenvalue weighted by atomic mass is 32.2. The average Bonchev–Trinajstić information content (AvgIpc) is 2.66. The van der Waals surface area contributed by atoms with E-state index in [0.29, 0.717) is 35.3 Å². The molecule has 0 saturated heterocycles. The summed E-state index contributed by atoms with van der Waals surface area (Å²) < 4.78 is 53.0. The van der Waals surface area contributed by atoms with Crippen LogP contribution in [-0.4, -0.2) is 40.7 Å². The topological polar surface area (TPSA) is 79.8 Å². The summed E-state index contributed by atoms with van der Waals surface area (Å²) in [5.74, 6) is 0.933. The van der Waals surface area contributed by atoms with E-state index < -0.39 is 22.9 Å². The Labute approximate surface area is 169 Å². The maximum Gasteiger partial charge on any atom is 0.272 e. The van der Waals surface area contributed by atoms with E-state index in [9.17, 15) is 17.2 Å². The van der Waals surface area contributed by atoms with Gasteiger partial charge in [0, 0.05) is 26.4 Å². The lowest BCUT2D eigenvalue weighted by Crippen LogP contribution is -2.36. The van der Waals surface area contributed by atoms with Gasteiger partial charge in [0.05, 0.1) is 4.90 Å². The van der Waals surface area contributed by atoms with Gasteiger partial charge in [0.1, 0.15) is 12.4 Å². The predicted octanol–water partition coefficient (Wildman–Crippen LogP) is 2.91. The standard InChI is InChI=1S/C20H25F2N3O3S/c1-14-9-16(7-8-18(14)29(3,26)27)12-25-20(23-2)24-11-15-5-4-6-17(10-15)28-13-19(21)22/h4-10,19H,11-13H2,1-3H3,(H2,23,24,25). The van der Waals surface area contributed by atoms with E-state index in [2.05, 4.69) is 15.6 Å². The van der Waals surface area contributed by atoms with Crippen molar-refractivity contribution < 1.29 is 21.9 Å². The molecule has 6 nitrogen and oxygen atoms in total. The molecule has 158 valence electrons. The zero-order valence-corrected chi connectivity index (χ0v) is 17.4. The Morgan fingerprint density at radius 1 is 1.10 bits per heavy atom. The van der Waals surface area contributed by atoms with Gasteiger partial charge in [-0.1, -0.05) is 24.3 Å². The van der Waals surface area contributed by atoms with Gasteiger partial charge in [-0.25, -0.2) is 17.2 Å². The molecule has 0 aromatic heterocycles. The third-order valence-electron chi connectivity index (χ3n) is 4.06. The second kappa shape index (κ2) is 10.2. The van der Waals surface area contributed by atoms with Gasteiger partial charge in [-0.15, -0.1) is 0 Å². The maximum atomic E-state index is 12.3. The van der Waals surface area contributed by atoms with Crippen molar-refractivity contribution in [2.45, 2.75) is 31.3 Å². The molecule has 0 unspecified atom stereocenters. The molecular formula is C20H25F2N3O3S.